The molecule has 3 heterocycles. The zero-order valence-corrected chi connectivity index (χ0v) is 14.6. The number of likely N-dealkylation sites (tertiary alicyclic amines) is 1. The number of aromatic nitrogens is 3. The van der Waals surface area contributed by atoms with Crippen molar-refractivity contribution in [3.63, 3.8) is 0 Å². The van der Waals surface area contributed by atoms with E-state index in [2.05, 4.69) is 27.3 Å². The number of morpholine rings is 1. The smallest absolute Gasteiger partial charge is 0.317 e. The standard InChI is InChI=1S/C16H28N6O2/c1-13-4-3-6-21(10-13)7-5-17-16(23)22-8-9-24-14(11-22)15-19-18-12-20(15)2/h12-14H,3-11H2,1-2H3,(H,17,23)/t13-,14-/m1/s1. The molecule has 0 spiro atoms. The topological polar surface area (TPSA) is 75.5 Å². The quantitative estimate of drug-likeness (QED) is 0.873. The fraction of sp³-hybridized carbons (Fsp3) is 0.812. The van der Waals surface area contributed by atoms with Gasteiger partial charge in [-0.05, 0) is 25.3 Å². The van der Waals surface area contributed by atoms with Gasteiger partial charge in [-0.1, -0.05) is 6.92 Å². The zero-order chi connectivity index (χ0) is 16.9. The first-order chi connectivity index (χ1) is 11.6. The number of hydrogen-bond acceptors (Lipinski definition) is 5. The molecule has 2 aliphatic rings. The number of urea groups is 1. The second-order valence-electron chi connectivity index (χ2n) is 6.89. The molecule has 8 heteroatoms. The molecule has 2 fully saturated rings. The van der Waals surface area contributed by atoms with Gasteiger partial charge in [0.2, 0.25) is 0 Å². The highest BCUT2D eigenvalue weighted by molar-refractivity contribution is 5.74. The SMILES string of the molecule is C[C@@H]1CCCN(CCNC(=O)N2CCO[C@@H](c3nncn3C)C2)C1. The van der Waals surface area contributed by atoms with E-state index in [0.29, 0.717) is 26.2 Å². The van der Waals surface area contributed by atoms with Gasteiger partial charge >= 0.3 is 6.03 Å². The maximum absolute atomic E-state index is 12.4. The predicted molar refractivity (Wildman–Crippen MR) is 89.5 cm³/mol. The summed E-state index contributed by atoms with van der Waals surface area (Å²) in [7, 11) is 1.89. The Labute approximate surface area is 143 Å². The van der Waals surface area contributed by atoms with Crippen molar-refractivity contribution in [3.8, 4) is 0 Å². The van der Waals surface area contributed by atoms with Gasteiger partial charge < -0.3 is 24.4 Å². The van der Waals surface area contributed by atoms with E-state index in [1.54, 1.807) is 6.33 Å². The van der Waals surface area contributed by atoms with Crippen molar-refractivity contribution in [3.05, 3.63) is 12.2 Å². The number of piperidine rings is 1. The molecule has 0 saturated carbocycles. The van der Waals surface area contributed by atoms with Gasteiger partial charge in [0.05, 0.1) is 13.2 Å². The van der Waals surface area contributed by atoms with Crippen LogP contribution in [0.4, 0.5) is 4.79 Å². The van der Waals surface area contributed by atoms with Gasteiger partial charge in [-0.2, -0.15) is 0 Å². The van der Waals surface area contributed by atoms with Crippen LogP contribution in [0.15, 0.2) is 6.33 Å². The molecule has 0 bridgehead atoms. The Morgan fingerprint density at radius 2 is 2.29 bits per heavy atom. The normalized spacial score (nSPS) is 25.7. The second-order valence-corrected chi connectivity index (χ2v) is 6.89. The highest BCUT2D eigenvalue weighted by Crippen LogP contribution is 2.19. The van der Waals surface area contributed by atoms with Crippen LogP contribution in [0.5, 0.6) is 0 Å². The van der Waals surface area contributed by atoms with Crippen molar-refractivity contribution >= 4 is 6.03 Å². The predicted octanol–water partition coefficient (Wildman–Crippen LogP) is 0.630. The Hall–Kier alpha value is -1.67. The fourth-order valence-corrected chi connectivity index (χ4v) is 3.50. The van der Waals surface area contributed by atoms with Gasteiger partial charge in [-0.15, -0.1) is 10.2 Å². The molecule has 0 aliphatic carbocycles. The molecule has 0 unspecified atom stereocenters. The molecule has 134 valence electrons. The van der Waals surface area contributed by atoms with Crippen molar-refractivity contribution in [1.29, 1.82) is 0 Å². The van der Waals surface area contributed by atoms with Crippen LogP contribution in [-0.2, 0) is 11.8 Å². The molecule has 2 saturated heterocycles. The van der Waals surface area contributed by atoms with Crippen LogP contribution in [0.2, 0.25) is 0 Å². The van der Waals surface area contributed by atoms with E-state index in [9.17, 15) is 4.79 Å². The van der Waals surface area contributed by atoms with Gasteiger partial charge in [-0.25, -0.2) is 4.79 Å². The molecule has 2 amide bonds. The molecule has 8 nitrogen and oxygen atoms in total. The van der Waals surface area contributed by atoms with Crippen molar-refractivity contribution < 1.29 is 9.53 Å². The minimum absolute atomic E-state index is 0.0180. The molecule has 1 aromatic heterocycles. The van der Waals surface area contributed by atoms with Gasteiger partial charge in [0.1, 0.15) is 12.4 Å². The first-order valence-corrected chi connectivity index (χ1v) is 8.84. The van der Waals surface area contributed by atoms with Crippen LogP contribution in [-0.4, -0.2) is 76.5 Å². The summed E-state index contributed by atoms with van der Waals surface area (Å²) >= 11 is 0. The molecule has 0 aromatic carbocycles. The first kappa shape index (κ1) is 17.2. The van der Waals surface area contributed by atoms with E-state index < -0.39 is 0 Å². The van der Waals surface area contributed by atoms with E-state index in [1.165, 1.54) is 12.8 Å². The summed E-state index contributed by atoms with van der Waals surface area (Å²) < 4.78 is 7.58. The van der Waals surface area contributed by atoms with Crippen molar-refractivity contribution in [2.24, 2.45) is 13.0 Å². The third-order valence-electron chi connectivity index (χ3n) is 4.83. The molecule has 1 aromatic rings. The van der Waals surface area contributed by atoms with E-state index >= 15 is 0 Å². The Balaban J connectivity index is 1.44. The summed E-state index contributed by atoms with van der Waals surface area (Å²) in [4.78, 5) is 16.6. The van der Waals surface area contributed by atoms with Crippen molar-refractivity contribution in [2.45, 2.75) is 25.9 Å². The third kappa shape index (κ3) is 4.24. The summed E-state index contributed by atoms with van der Waals surface area (Å²) in [6.45, 7) is 7.85. The zero-order valence-electron chi connectivity index (χ0n) is 14.6. The number of hydrogen-bond donors (Lipinski definition) is 1. The lowest BCUT2D eigenvalue weighted by Gasteiger charge is -2.33. The Kier molecular flexibility index (Phi) is 5.68. The number of rotatable bonds is 4. The summed E-state index contributed by atoms with van der Waals surface area (Å²) in [6, 6.07) is -0.0180. The average Bonchev–Trinajstić information content (AvgIpc) is 3.01. The van der Waals surface area contributed by atoms with E-state index in [0.717, 1.165) is 31.4 Å². The lowest BCUT2D eigenvalue weighted by molar-refractivity contribution is -0.0214. The Morgan fingerprint density at radius 1 is 1.42 bits per heavy atom. The van der Waals surface area contributed by atoms with Gasteiger partial charge in [0.15, 0.2) is 5.82 Å². The number of aryl methyl sites for hydroxylation is 1. The first-order valence-electron chi connectivity index (χ1n) is 8.84. The molecule has 1 N–H and O–H groups in total. The molecule has 24 heavy (non-hydrogen) atoms. The number of carbonyl (C=O) groups excluding carboxylic acids is 1. The average molecular weight is 336 g/mol. The molecular formula is C16H28N6O2. The van der Waals surface area contributed by atoms with Crippen molar-refractivity contribution in [2.75, 3.05) is 45.9 Å². The van der Waals surface area contributed by atoms with Crippen LogP contribution >= 0.6 is 0 Å². The molecule has 2 atom stereocenters. The number of ether oxygens (including phenoxy) is 1. The number of amides is 2. The highest BCUT2D eigenvalue weighted by atomic mass is 16.5. The Morgan fingerprint density at radius 3 is 3.04 bits per heavy atom. The van der Waals surface area contributed by atoms with Crippen LogP contribution in [0.25, 0.3) is 0 Å². The van der Waals surface area contributed by atoms with Gasteiger partial charge in [-0.3, -0.25) is 0 Å². The van der Waals surface area contributed by atoms with Crippen molar-refractivity contribution in [1.82, 2.24) is 29.9 Å². The largest absolute Gasteiger partial charge is 0.366 e. The monoisotopic (exact) mass is 336 g/mol. The summed E-state index contributed by atoms with van der Waals surface area (Å²) in [5, 5.41) is 11.0. The van der Waals surface area contributed by atoms with Gasteiger partial charge in [0, 0.05) is 33.2 Å². The number of nitrogens with zero attached hydrogens (tertiary/aromatic N) is 5. The lowest BCUT2D eigenvalue weighted by atomic mass is 10.0. The minimum atomic E-state index is -0.208. The van der Waals surface area contributed by atoms with Crippen LogP contribution in [0.1, 0.15) is 31.7 Å². The summed E-state index contributed by atoms with van der Waals surface area (Å²) in [5.41, 5.74) is 0. The van der Waals surface area contributed by atoms with Crippen LogP contribution < -0.4 is 5.32 Å². The van der Waals surface area contributed by atoms with E-state index in [4.69, 9.17) is 4.74 Å². The maximum atomic E-state index is 12.4. The minimum Gasteiger partial charge on any atom is -0.366 e. The molecular weight excluding hydrogens is 308 g/mol. The lowest BCUT2D eigenvalue weighted by Crippen LogP contribution is -2.49. The van der Waals surface area contributed by atoms with Crippen LogP contribution in [0.3, 0.4) is 0 Å². The highest BCUT2D eigenvalue weighted by Gasteiger charge is 2.28. The van der Waals surface area contributed by atoms with E-state index in [1.807, 2.05) is 16.5 Å². The Bertz CT molecular complexity index is 548. The maximum Gasteiger partial charge on any atom is 0.317 e. The second kappa shape index (κ2) is 7.94. The third-order valence-corrected chi connectivity index (χ3v) is 4.83. The fourth-order valence-electron chi connectivity index (χ4n) is 3.50. The number of carbonyl (C=O) groups is 1. The molecule has 0 radical (unpaired) electrons. The van der Waals surface area contributed by atoms with Gasteiger partial charge in [0.25, 0.3) is 0 Å². The number of nitrogens with one attached hydrogen (secondary N) is 1. The molecule has 3 rings (SSSR count). The molecule has 2 aliphatic heterocycles. The summed E-state index contributed by atoms with van der Waals surface area (Å²) in [5.74, 6) is 1.52. The van der Waals surface area contributed by atoms with Crippen LogP contribution in [0, 0.1) is 5.92 Å². The summed E-state index contributed by atoms with van der Waals surface area (Å²) in [6.07, 6.45) is 4.02. The van der Waals surface area contributed by atoms with E-state index in [-0.39, 0.29) is 12.1 Å².